The maximum absolute atomic E-state index is 7.22. The van der Waals surface area contributed by atoms with Crippen molar-refractivity contribution in [2.24, 2.45) is 0 Å². The van der Waals surface area contributed by atoms with Crippen LogP contribution >= 0.6 is 22.7 Å². The van der Waals surface area contributed by atoms with E-state index in [2.05, 4.69) is 132 Å². The molecule has 5 aromatic heterocycles. The number of rotatable bonds is 2. The zero-order chi connectivity index (χ0) is 34.4. The quantitative estimate of drug-likeness (QED) is 0.179. The standard InChI is InChI=1S/C48H24O3S2/c1-5-13-37-27(11-1)45-39(49-37)19-17-29-43(45)31(35-23-52-41-15-7-3-9-25(35)41)21-33-34-22-32(36-24-53-42-16-8-4-10-26(36)42)44-30(48(34)51-47(29)33)18-20-40-46(44)28-12-2-6-14-38(28)50-40/h1-24H. The molecular formula is C48H24O3S2. The van der Waals surface area contributed by atoms with Crippen molar-refractivity contribution in [1.82, 2.24) is 0 Å². The summed E-state index contributed by atoms with van der Waals surface area (Å²) in [5.41, 5.74) is 10.1. The molecule has 53 heavy (non-hydrogen) atoms. The highest BCUT2D eigenvalue weighted by Gasteiger charge is 2.25. The Labute approximate surface area is 308 Å². The van der Waals surface area contributed by atoms with Crippen LogP contribution in [0.3, 0.4) is 0 Å². The van der Waals surface area contributed by atoms with E-state index in [1.54, 1.807) is 22.7 Å². The van der Waals surface area contributed by atoms with E-state index in [0.717, 1.165) is 87.4 Å². The van der Waals surface area contributed by atoms with Gasteiger partial charge in [-0.2, -0.15) is 0 Å². The fourth-order valence-corrected chi connectivity index (χ4v) is 10.9. The van der Waals surface area contributed by atoms with E-state index >= 15 is 0 Å². The molecule has 3 nitrogen and oxygen atoms in total. The number of furan rings is 3. The second-order valence-corrected chi connectivity index (χ2v) is 15.7. The third-order valence-electron chi connectivity index (χ3n) is 11.2. The monoisotopic (exact) mass is 712 g/mol. The normalized spacial score (nSPS) is 12.5. The van der Waals surface area contributed by atoms with Gasteiger partial charge < -0.3 is 13.3 Å². The highest BCUT2D eigenvalue weighted by Crippen LogP contribution is 2.51. The van der Waals surface area contributed by atoms with Crippen LogP contribution in [0.15, 0.2) is 157 Å². The number of hydrogen-bond acceptors (Lipinski definition) is 5. The Kier molecular flexibility index (Phi) is 5.40. The lowest BCUT2D eigenvalue weighted by atomic mass is 9.90. The topological polar surface area (TPSA) is 39.4 Å². The summed E-state index contributed by atoms with van der Waals surface area (Å²) in [6.45, 7) is 0. The number of thiophene rings is 2. The second kappa shape index (κ2) is 10.1. The SMILES string of the molecule is c1ccc2c(c1)oc1ccc3c4oc5c(cc(-c6csc7ccccc67)c6c5ccc5oc7ccccc7c56)c4cc(-c4csc5ccccc45)c3c12. The lowest BCUT2D eigenvalue weighted by Gasteiger charge is -2.10. The van der Waals surface area contributed by atoms with Crippen LogP contribution < -0.4 is 0 Å². The maximum atomic E-state index is 7.22. The maximum Gasteiger partial charge on any atom is 0.143 e. The van der Waals surface area contributed by atoms with Crippen molar-refractivity contribution in [2.45, 2.75) is 0 Å². The molecule has 0 amide bonds. The molecule has 13 rings (SSSR count). The predicted octanol–water partition coefficient (Wildman–Crippen LogP) is 15.5. The zero-order valence-corrected chi connectivity index (χ0v) is 29.5. The molecule has 0 aliphatic rings. The van der Waals surface area contributed by atoms with Crippen molar-refractivity contribution in [2.75, 3.05) is 0 Å². The molecule has 0 atom stereocenters. The highest BCUT2D eigenvalue weighted by atomic mass is 32.1. The van der Waals surface area contributed by atoms with Crippen LogP contribution in [0.2, 0.25) is 0 Å². The Balaban J connectivity index is 1.27. The molecule has 5 heteroatoms. The fourth-order valence-electron chi connectivity index (χ4n) is 8.95. The third kappa shape index (κ3) is 3.67. The number of hydrogen-bond donors (Lipinski definition) is 0. The molecule has 0 unspecified atom stereocenters. The van der Waals surface area contributed by atoms with Crippen LogP contribution in [0.4, 0.5) is 0 Å². The Morgan fingerprint density at radius 2 is 0.736 bits per heavy atom. The summed E-state index contributed by atoms with van der Waals surface area (Å²) in [5, 5.41) is 18.2. The summed E-state index contributed by atoms with van der Waals surface area (Å²) in [4.78, 5) is 0. The van der Waals surface area contributed by atoms with Gasteiger partial charge in [-0.3, -0.25) is 0 Å². The van der Waals surface area contributed by atoms with Gasteiger partial charge in [0.2, 0.25) is 0 Å². The Morgan fingerprint density at radius 3 is 1.23 bits per heavy atom. The molecule has 0 N–H and O–H groups in total. The van der Waals surface area contributed by atoms with Crippen molar-refractivity contribution in [3.05, 3.63) is 144 Å². The molecule has 246 valence electrons. The van der Waals surface area contributed by atoms with Gasteiger partial charge in [0.1, 0.15) is 33.5 Å². The molecule has 0 bridgehead atoms. The molecule has 0 saturated carbocycles. The molecule has 0 aliphatic carbocycles. The van der Waals surface area contributed by atoms with E-state index < -0.39 is 0 Å². The predicted molar refractivity (Wildman–Crippen MR) is 225 cm³/mol. The minimum absolute atomic E-state index is 0.876. The average Bonchev–Trinajstić information content (AvgIpc) is 4.04. The summed E-state index contributed by atoms with van der Waals surface area (Å²) in [5.74, 6) is 0. The first kappa shape index (κ1) is 28.2. The van der Waals surface area contributed by atoms with Crippen molar-refractivity contribution >= 4 is 130 Å². The van der Waals surface area contributed by atoms with E-state index in [1.165, 1.54) is 42.4 Å². The van der Waals surface area contributed by atoms with Gasteiger partial charge in [-0.15, -0.1) is 22.7 Å². The molecule has 0 fully saturated rings. The largest absolute Gasteiger partial charge is 0.456 e. The van der Waals surface area contributed by atoms with Gasteiger partial charge in [-0.05, 0) is 82.6 Å². The summed E-state index contributed by atoms with van der Waals surface area (Å²) in [7, 11) is 0. The van der Waals surface area contributed by atoms with E-state index in [0.29, 0.717) is 0 Å². The van der Waals surface area contributed by atoms with Crippen LogP contribution in [0.1, 0.15) is 0 Å². The van der Waals surface area contributed by atoms with E-state index in [4.69, 9.17) is 13.3 Å². The van der Waals surface area contributed by atoms with Crippen LogP contribution in [-0.4, -0.2) is 0 Å². The van der Waals surface area contributed by atoms with Gasteiger partial charge in [-0.1, -0.05) is 72.8 Å². The molecule has 0 spiro atoms. The number of benzene rings is 8. The fraction of sp³-hybridized carbons (Fsp3) is 0. The molecular weight excluding hydrogens is 689 g/mol. The lowest BCUT2D eigenvalue weighted by molar-refractivity contribution is 0.669. The van der Waals surface area contributed by atoms with E-state index in [9.17, 15) is 0 Å². The molecule has 13 aromatic rings. The van der Waals surface area contributed by atoms with E-state index in [-0.39, 0.29) is 0 Å². The van der Waals surface area contributed by atoms with Crippen LogP contribution in [0, 0.1) is 0 Å². The van der Waals surface area contributed by atoms with Gasteiger partial charge in [0.15, 0.2) is 0 Å². The van der Waals surface area contributed by atoms with Gasteiger partial charge >= 0.3 is 0 Å². The minimum Gasteiger partial charge on any atom is -0.456 e. The first-order chi connectivity index (χ1) is 26.3. The Bertz CT molecular complexity index is 3450. The van der Waals surface area contributed by atoms with Crippen LogP contribution in [-0.2, 0) is 0 Å². The van der Waals surface area contributed by atoms with Gasteiger partial charge in [0.05, 0.1) is 0 Å². The molecule has 8 aromatic carbocycles. The van der Waals surface area contributed by atoms with Crippen LogP contribution in [0.25, 0.3) is 130 Å². The highest BCUT2D eigenvalue weighted by molar-refractivity contribution is 7.18. The average molecular weight is 713 g/mol. The van der Waals surface area contributed by atoms with Gasteiger partial charge in [-0.25, -0.2) is 0 Å². The zero-order valence-electron chi connectivity index (χ0n) is 27.9. The third-order valence-corrected chi connectivity index (χ3v) is 13.1. The number of para-hydroxylation sites is 2. The summed E-state index contributed by atoms with van der Waals surface area (Å²) in [6, 6.07) is 47.5. The van der Waals surface area contributed by atoms with Crippen LogP contribution in [0.5, 0.6) is 0 Å². The Morgan fingerprint density at radius 1 is 0.302 bits per heavy atom. The lowest BCUT2D eigenvalue weighted by Crippen LogP contribution is -1.85. The van der Waals surface area contributed by atoms with Crippen molar-refractivity contribution in [3.63, 3.8) is 0 Å². The Hall–Kier alpha value is -6.40. The summed E-state index contributed by atoms with van der Waals surface area (Å²) in [6.07, 6.45) is 0. The number of fused-ring (bicyclic) bond motifs is 17. The van der Waals surface area contributed by atoms with Crippen molar-refractivity contribution in [3.8, 4) is 22.3 Å². The molecule has 0 saturated heterocycles. The van der Waals surface area contributed by atoms with Crippen molar-refractivity contribution in [1.29, 1.82) is 0 Å². The smallest absolute Gasteiger partial charge is 0.143 e. The van der Waals surface area contributed by atoms with Gasteiger partial charge in [0, 0.05) is 85.2 Å². The van der Waals surface area contributed by atoms with Crippen molar-refractivity contribution < 1.29 is 13.3 Å². The molecule has 5 heterocycles. The summed E-state index contributed by atoms with van der Waals surface area (Å²) < 4.78 is 22.7. The molecule has 0 radical (unpaired) electrons. The molecule has 0 aliphatic heterocycles. The van der Waals surface area contributed by atoms with Gasteiger partial charge in [0.25, 0.3) is 0 Å². The summed E-state index contributed by atoms with van der Waals surface area (Å²) >= 11 is 3.58. The second-order valence-electron chi connectivity index (χ2n) is 13.9. The first-order valence-electron chi connectivity index (χ1n) is 17.7. The van der Waals surface area contributed by atoms with E-state index in [1.807, 2.05) is 12.1 Å². The minimum atomic E-state index is 0.876. The first-order valence-corrected chi connectivity index (χ1v) is 19.5.